The number of rotatable bonds is 7. The van der Waals surface area contributed by atoms with Crippen molar-refractivity contribution < 1.29 is 26.3 Å². The summed E-state index contributed by atoms with van der Waals surface area (Å²) in [6.07, 6.45) is -1.53. The van der Waals surface area contributed by atoms with Crippen molar-refractivity contribution in [2.45, 2.75) is 26.1 Å². The Morgan fingerprint density at radius 1 is 1.00 bits per heavy atom. The van der Waals surface area contributed by atoms with Crippen molar-refractivity contribution in [3.63, 3.8) is 0 Å². The van der Waals surface area contributed by atoms with E-state index in [9.17, 15) is 21.6 Å². The molecular formula is C31H26F3N5O3S. The molecule has 0 saturated carbocycles. The van der Waals surface area contributed by atoms with Gasteiger partial charge in [0.2, 0.25) is 10.0 Å². The second-order valence-electron chi connectivity index (χ2n) is 10.3. The topological polar surface area (TPSA) is 97.3 Å². The third kappa shape index (κ3) is 5.82. The van der Waals surface area contributed by atoms with E-state index in [4.69, 9.17) is 4.74 Å². The van der Waals surface area contributed by atoms with Gasteiger partial charge in [-0.15, -0.1) is 0 Å². The van der Waals surface area contributed by atoms with Gasteiger partial charge in [-0.3, -0.25) is 9.29 Å². The largest absolute Gasteiger partial charge is 0.459 e. The molecule has 0 fully saturated rings. The quantitative estimate of drug-likeness (QED) is 0.222. The molecule has 1 N–H and O–H groups in total. The monoisotopic (exact) mass is 605 g/mol. The average molecular weight is 606 g/mol. The number of pyridine rings is 1. The zero-order chi connectivity index (χ0) is 30.4. The fourth-order valence-electron chi connectivity index (χ4n) is 5.25. The molecule has 6 rings (SSSR count). The number of nitrogens with zero attached hydrogens (tertiary/aromatic N) is 4. The lowest BCUT2D eigenvalue weighted by molar-refractivity contribution is -0.137. The van der Waals surface area contributed by atoms with Gasteiger partial charge in [-0.1, -0.05) is 30.3 Å². The molecule has 0 unspecified atom stereocenters. The maximum absolute atomic E-state index is 13.8. The predicted molar refractivity (Wildman–Crippen MR) is 159 cm³/mol. The molecule has 0 saturated heterocycles. The molecular weight excluding hydrogens is 579 g/mol. The third-order valence-corrected chi connectivity index (χ3v) is 8.35. The molecule has 3 heterocycles. The van der Waals surface area contributed by atoms with Crippen molar-refractivity contribution in [2.24, 2.45) is 0 Å². The van der Waals surface area contributed by atoms with E-state index in [0.29, 0.717) is 46.6 Å². The lowest BCUT2D eigenvalue weighted by Crippen LogP contribution is -2.27. The van der Waals surface area contributed by atoms with Crippen LogP contribution in [-0.4, -0.2) is 36.2 Å². The number of aryl methyl sites for hydroxylation is 1. The van der Waals surface area contributed by atoms with Crippen molar-refractivity contribution >= 4 is 38.1 Å². The Labute approximate surface area is 246 Å². The Morgan fingerprint density at radius 2 is 1.79 bits per heavy atom. The first-order valence-electron chi connectivity index (χ1n) is 13.4. The van der Waals surface area contributed by atoms with Crippen LogP contribution >= 0.6 is 0 Å². The lowest BCUT2D eigenvalue weighted by Gasteiger charge is -2.18. The van der Waals surface area contributed by atoms with E-state index in [2.05, 4.69) is 20.3 Å². The smallest absolute Gasteiger partial charge is 0.418 e. The Kier molecular flexibility index (Phi) is 7.17. The van der Waals surface area contributed by atoms with E-state index in [1.807, 2.05) is 36.4 Å². The number of aromatic nitrogens is 3. The van der Waals surface area contributed by atoms with Crippen LogP contribution in [0.1, 0.15) is 22.3 Å². The summed E-state index contributed by atoms with van der Waals surface area (Å²) in [5, 5.41) is 3.91. The fourth-order valence-corrected chi connectivity index (χ4v) is 6.21. The first-order valence-corrected chi connectivity index (χ1v) is 15.2. The summed E-state index contributed by atoms with van der Waals surface area (Å²) in [7, 11) is -3.40. The van der Waals surface area contributed by atoms with Gasteiger partial charge < -0.3 is 10.1 Å². The van der Waals surface area contributed by atoms with Crippen LogP contribution in [0.4, 0.5) is 30.4 Å². The van der Waals surface area contributed by atoms with Crippen molar-refractivity contribution in [1.82, 2.24) is 15.0 Å². The van der Waals surface area contributed by atoms with Crippen LogP contribution in [0, 0.1) is 6.92 Å². The molecule has 8 nitrogen and oxygen atoms in total. The van der Waals surface area contributed by atoms with Crippen LogP contribution in [0.5, 0.6) is 6.01 Å². The number of halogens is 3. The minimum absolute atomic E-state index is 0.0388. The summed E-state index contributed by atoms with van der Waals surface area (Å²) >= 11 is 0. The Balaban J connectivity index is 1.44. The summed E-state index contributed by atoms with van der Waals surface area (Å²) in [5.74, 6) is 0.395. The summed E-state index contributed by atoms with van der Waals surface area (Å²) in [4.78, 5) is 13.3. The van der Waals surface area contributed by atoms with Gasteiger partial charge in [0.25, 0.3) is 0 Å². The van der Waals surface area contributed by atoms with E-state index < -0.39 is 21.8 Å². The molecule has 0 radical (unpaired) electrons. The molecule has 5 aromatic rings. The van der Waals surface area contributed by atoms with Gasteiger partial charge >= 0.3 is 12.2 Å². The number of fused-ring (bicyclic) bond motifs is 2. The van der Waals surface area contributed by atoms with Gasteiger partial charge in [-0.05, 0) is 72.5 Å². The number of anilines is 3. The van der Waals surface area contributed by atoms with Crippen molar-refractivity contribution in [2.75, 3.05) is 22.4 Å². The van der Waals surface area contributed by atoms with Crippen molar-refractivity contribution in [1.29, 1.82) is 0 Å². The van der Waals surface area contributed by atoms with Gasteiger partial charge in [0.1, 0.15) is 12.4 Å². The molecule has 0 atom stereocenters. The number of benzene rings is 3. The van der Waals surface area contributed by atoms with E-state index in [1.54, 1.807) is 31.2 Å². The molecule has 220 valence electrons. The zero-order valence-corrected chi connectivity index (χ0v) is 24.0. The van der Waals surface area contributed by atoms with Gasteiger partial charge in [-0.25, -0.2) is 8.42 Å². The minimum atomic E-state index is -4.59. The number of nitrogens with one attached hydrogen (secondary N) is 1. The number of sulfonamides is 1. The first-order chi connectivity index (χ1) is 20.5. The zero-order valence-electron chi connectivity index (χ0n) is 23.2. The van der Waals surface area contributed by atoms with Crippen LogP contribution in [-0.2, 0) is 29.2 Å². The van der Waals surface area contributed by atoms with Crippen LogP contribution in [0.15, 0.2) is 79.0 Å². The molecule has 0 amide bonds. The molecule has 3 aromatic carbocycles. The highest BCUT2D eigenvalue weighted by Gasteiger charge is 2.34. The number of hydrogen-bond donors (Lipinski definition) is 1. The van der Waals surface area contributed by atoms with E-state index in [0.717, 1.165) is 17.2 Å². The van der Waals surface area contributed by atoms with Gasteiger partial charge in [0, 0.05) is 29.4 Å². The van der Waals surface area contributed by atoms with E-state index in [-0.39, 0.29) is 23.9 Å². The molecule has 0 spiro atoms. The molecule has 1 aliphatic rings. The number of ether oxygens (including phenoxy) is 1. The maximum atomic E-state index is 13.8. The SMILES string of the molecule is Cc1cc(-c2ncccc2C(F)(F)F)cc2nc(OCc3ccccc3)nc(Nc3ccc4c(c3)CCN4S(C)(=O)=O)c12. The second kappa shape index (κ2) is 10.8. The van der Waals surface area contributed by atoms with Crippen molar-refractivity contribution in [3.8, 4) is 17.3 Å². The maximum Gasteiger partial charge on any atom is 0.418 e. The van der Waals surface area contributed by atoms with Gasteiger partial charge in [0.05, 0.1) is 28.7 Å². The summed E-state index contributed by atoms with van der Waals surface area (Å²) in [6, 6.07) is 20.3. The standard InChI is InChI=1S/C31H26F3N5O3S/c1-19-15-22(28-24(31(32,33)34)9-6-13-35-28)17-25-27(19)29(38-30(37-25)42-18-20-7-4-3-5-8-20)36-23-10-11-26-21(16-23)12-14-39(26)43(2,40)41/h3-11,13,15-17H,12,14,18H2,1-2H3,(H,36,37,38). The highest BCUT2D eigenvalue weighted by molar-refractivity contribution is 7.92. The fraction of sp³-hybridized carbons (Fsp3) is 0.194. The Hall–Kier alpha value is -4.71. The van der Waals surface area contributed by atoms with Crippen LogP contribution in [0.2, 0.25) is 0 Å². The highest BCUT2D eigenvalue weighted by Crippen LogP contribution is 2.39. The minimum Gasteiger partial charge on any atom is -0.459 e. The first kappa shape index (κ1) is 28.4. The van der Waals surface area contributed by atoms with Crippen LogP contribution in [0.25, 0.3) is 22.2 Å². The van der Waals surface area contributed by atoms with Gasteiger partial charge in [-0.2, -0.15) is 23.1 Å². The van der Waals surface area contributed by atoms with Crippen molar-refractivity contribution in [3.05, 3.63) is 101 Å². The molecule has 12 heteroatoms. The number of hydrogen-bond acceptors (Lipinski definition) is 7. The predicted octanol–water partition coefficient (Wildman–Crippen LogP) is 6.66. The summed E-state index contributed by atoms with van der Waals surface area (Å²) in [6.45, 7) is 2.32. The third-order valence-electron chi connectivity index (χ3n) is 7.17. The normalized spacial score (nSPS) is 13.3. The highest BCUT2D eigenvalue weighted by atomic mass is 32.2. The lowest BCUT2D eigenvalue weighted by atomic mass is 10.00. The van der Waals surface area contributed by atoms with Crippen LogP contribution in [0.3, 0.4) is 0 Å². The van der Waals surface area contributed by atoms with Crippen LogP contribution < -0.4 is 14.4 Å². The summed E-state index contributed by atoms with van der Waals surface area (Å²) < 4.78 is 73.2. The average Bonchev–Trinajstić information content (AvgIpc) is 3.40. The molecule has 0 aliphatic carbocycles. The Morgan fingerprint density at radius 3 is 2.53 bits per heavy atom. The second-order valence-corrected chi connectivity index (χ2v) is 12.2. The summed E-state index contributed by atoms with van der Waals surface area (Å²) in [5.41, 5.74) is 3.27. The molecule has 43 heavy (non-hydrogen) atoms. The number of alkyl halides is 3. The van der Waals surface area contributed by atoms with Gasteiger partial charge in [0.15, 0.2) is 0 Å². The molecule has 2 aromatic heterocycles. The molecule has 1 aliphatic heterocycles. The van der Waals surface area contributed by atoms with E-state index in [1.165, 1.54) is 22.8 Å². The van der Waals surface area contributed by atoms with E-state index >= 15 is 0 Å². The Bertz CT molecular complexity index is 1950. The molecule has 0 bridgehead atoms.